The number of benzene rings is 1. The van der Waals surface area contributed by atoms with Crippen LogP contribution in [-0.4, -0.2) is 18.2 Å². The summed E-state index contributed by atoms with van der Waals surface area (Å²) < 4.78 is 14.5. The van der Waals surface area contributed by atoms with Gasteiger partial charge in [0.1, 0.15) is 11.6 Å². The molecular formula is C15H17BrFNO2. The third kappa shape index (κ3) is 2.77. The molecule has 1 aliphatic heterocycles. The van der Waals surface area contributed by atoms with E-state index in [4.69, 9.17) is 0 Å². The molecular weight excluding hydrogens is 325 g/mol. The van der Waals surface area contributed by atoms with Gasteiger partial charge in [0, 0.05) is 16.9 Å². The minimum atomic E-state index is -0.643. The molecule has 1 aliphatic rings. The van der Waals surface area contributed by atoms with E-state index in [0.29, 0.717) is 23.9 Å². The van der Waals surface area contributed by atoms with Gasteiger partial charge in [-0.2, -0.15) is 0 Å². The first-order chi connectivity index (χ1) is 9.43. The first-order valence-electron chi connectivity index (χ1n) is 6.72. The molecule has 0 aromatic heterocycles. The fourth-order valence-electron chi connectivity index (χ4n) is 2.51. The van der Waals surface area contributed by atoms with Gasteiger partial charge < -0.3 is 4.90 Å². The highest BCUT2D eigenvalue weighted by molar-refractivity contribution is 9.10. The van der Waals surface area contributed by atoms with Gasteiger partial charge in [-0.3, -0.25) is 9.59 Å². The average molecular weight is 342 g/mol. The zero-order valence-corrected chi connectivity index (χ0v) is 13.1. The fraction of sp³-hybridized carbons (Fsp3) is 0.467. The summed E-state index contributed by atoms with van der Waals surface area (Å²) in [5, 5.41) is 0. The third-order valence-electron chi connectivity index (χ3n) is 3.56. The second-order valence-corrected chi connectivity index (χ2v) is 6.17. The summed E-state index contributed by atoms with van der Waals surface area (Å²) in [4.78, 5) is 26.0. The van der Waals surface area contributed by atoms with Crippen LogP contribution in [0.15, 0.2) is 22.7 Å². The number of hydrogen-bond donors (Lipinski definition) is 0. The number of amides is 1. The van der Waals surface area contributed by atoms with Crippen LogP contribution in [0.4, 0.5) is 10.1 Å². The number of para-hydroxylation sites is 1. The van der Waals surface area contributed by atoms with E-state index in [1.165, 1.54) is 11.0 Å². The van der Waals surface area contributed by atoms with Crippen LogP contribution in [0.25, 0.3) is 0 Å². The van der Waals surface area contributed by atoms with Gasteiger partial charge in [0.2, 0.25) is 5.91 Å². The number of ketones is 1. The normalized spacial score (nSPS) is 19.6. The molecule has 20 heavy (non-hydrogen) atoms. The lowest BCUT2D eigenvalue weighted by molar-refractivity contribution is -0.135. The van der Waals surface area contributed by atoms with Crippen molar-refractivity contribution in [2.45, 2.75) is 26.7 Å². The van der Waals surface area contributed by atoms with Gasteiger partial charge >= 0.3 is 0 Å². The summed E-state index contributed by atoms with van der Waals surface area (Å²) in [5.74, 6) is -1.64. The predicted molar refractivity (Wildman–Crippen MR) is 79.0 cm³/mol. The Hall–Kier alpha value is -1.23. The van der Waals surface area contributed by atoms with Crippen molar-refractivity contribution < 1.29 is 14.0 Å². The second kappa shape index (κ2) is 6.04. The Bertz CT molecular complexity index is 524. The van der Waals surface area contributed by atoms with Gasteiger partial charge in [-0.15, -0.1) is 0 Å². The predicted octanol–water partition coefficient (Wildman–Crippen LogP) is 3.56. The summed E-state index contributed by atoms with van der Waals surface area (Å²) in [5.41, 5.74) is 0.235. The molecule has 3 nitrogen and oxygen atoms in total. The number of hydrogen-bond acceptors (Lipinski definition) is 2. The number of nitrogens with zero attached hydrogens (tertiary/aromatic N) is 1. The van der Waals surface area contributed by atoms with Crippen LogP contribution < -0.4 is 4.90 Å². The molecule has 0 bridgehead atoms. The lowest BCUT2D eigenvalue weighted by Crippen LogP contribution is -2.45. The Balaban J connectivity index is 2.34. The molecule has 2 rings (SSSR count). The molecule has 108 valence electrons. The van der Waals surface area contributed by atoms with Crippen LogP contribution in [-0.2, 0) is 9.59 Å². The number of Topliss-reactive ketones (excluding diaryl/α,β-unsaturated/α-hetero) is 1. The second-order valence-electron chi connectivity index (χ2n) is 5.31. The van der Waals surface area contributed by atoms with E-state index in [0.717, 1.165) is 0 Å². The lowest BCUT2D eigenvalue weighted by Gasteiger charge is -2.33. The van der Waals surface area contributed by atoms with Crippen molar-refractivity contribution in [1.82, 2.24) is 0 Å². The molecule has 1 atom stereocenters. The van der Waals surface area contributed by atoms with E-state index >= 15 is 0 Å². The van der Waals surface area contributed by atoms with E-state index in [-0.39, 0.29) is 23.3 Å². The number of rotatable bonds is 3. The zero-order chi connectivity index (χ0) is 14.9. The van der Waals surface area contributed by atoms with Crippen molar-refractivity contribution >= 4 is 33.3 Å². The standard InChI is InChI=1S/C15H17BrFNO2/c1-9(2)14(19)10-5-4-8-18(15(10)20)13-11(16)6-3-7-12(13)17/h3,6-7,9-10H,4-5,8H2,1-2H3/t10-/m0/s1. The van der Waals surface area contributed by atoms with Gasteiger partial charge in [-0.25, -0.2) is 4.39 Å². The topological polar surface area (TPSA) is 37.4 Å². The number of anilines is 1. The van der Waals surface area contributed by atoms with Gasteiger partial charge in [-0.05, 0) is 40.9 Å². The lowest BCUT2D eigenvalue weighted by atomic mass is 9.87. The first-order valence-corrected chi connectivity index (χ1v) is 7.52. The molecule has 1 heterocycles. The monoisotopic (exact) mass is 341 g/mol. The highest BCUT2D eigenvalue weighted by Gasteiger charge is 2.36. The highest BCUT2D eigenvalue weighted by atomic mass is 79.9. The minimum absolute atomic E-state index is 0.0628. The molecule has 0 saturated carbocycles. The van der Waals surface area contributed by atoms with Crippen LogP contribution in [0.1, 0.15) is 26.7 Å². The van der Waals surface area contributed by atoms with Crippen LogP contribution in [0.2, 0.25) is 0 Å². The Kier molecular flexibility index (Phi) is 4.58. The van der Waals surface area contributed by atoms with Crippen LogP contribution in [0.3, 0.4) is 0 Å². The molecule has 1 aromatic rings. The summed E-state index contributed by atoms with van der Waals surface area (Å²) in [6.45, 7) is 4.02. The zero-order valence-electron chi connectivity index (χ0n) is 11.5. The van der Waals surface area contributed by atoms with E-state index < -0.39 is 11.7 Å². The van der Waals surface area contributed by atoms with Crippen LogP contribution in [0, 0.1) is 17.7 Å². The largest absolute Gasteiger partial charge is 0.308 e. The molecule has 0 N–H and O–H groups in total. The van der Waals surface area contributed by atoms with Gasteiger partial charge in [0.25, 0.3) is 0 Å². The fourth-order valence-corrected chi connectivity index (χ4v) is 3.07. The van der Waals surface area contributed by atoms with Gasteiger partial charge in [-0.1, -0.05) is 19.9 Å². The summed E-state index contributed by atoms with van der Waals surface area (Å²) >= 11 is 3.28. The molecule has 1 fully saturated rings. The molecule has 0 radical (unpaired) electrons. The maximum Gasteiger partial charge on any atom is 0.237 e. The summed E-state index contributed by atoms with van der Waals surface area (Å²) in [6, 6.07) is 4.59. The van der Waals surface area contributed by atoms with Crippen molar-refractivity contribution in [2.75, 3.05) is 11.4 Å². The van der Waals surface area contributed by atoms with Crippen LogP contribution >= 0.6 is 15.9 Å². The maximum absolute atomic E-state index is 14.0. The molecule has 5 heteroatoms. The molecule has 0 aliphatic carbocycles. The SMILES string of the molecule is CC(C)C(=O)[C@@H]1CCCN(c2c(F)cccc2Br)C1=O. The van der Waals surface area contributed by atoms with Gasteiger partial charge in [0.15, 0.2) is 0 Å². The smallest absolute Gasteiger partial charge is 0.237 e. The summed E-state index contributed by atoms with van der Waals surface area (Å²) in [6.07, 6.45) is 1.26. The van der Waals surface area contributed by atoms with E-state index in [1.54, 1.807) is 26.0 Å². The quantitative estimate of drug-likeness (QED) is 0.788. The molecule has 0 spiro atoms. The molecule has 1 aromatic carbocycles. The van der Waals surface area contributed by atoms with Crippen molar-refractivity contribution in [2.24, 2.45) is 11.8 Å². The van der Waals surface area contributed by atoms with Crippen molar-refractivity contribution in [1.29, 1.82) is 0 Å². The average Bonchev–Trinajstić information content (AvgIpc) is 2.39. The van der Waals surface area contributed by atoms with Crippen molar-refractivity contribution in [3.8, 4) is 0 Å². The number of carbonyl (C=O) groups is 2. The van der Waals surface area contributed by atoms with E-state index in [1.807, 2.05) is 0 Å². The molecule has 0 unspecified atom stereocenters. The molecule has 1 saturated heterocycles. The number of halogens is 2. The Morgan fingerprint density at radius 3 is 2.75 bits per heavy atom. The van der Waals surface area contributed by atoms with E-state index in [2.05, 4.69) is 15.9 Å². The van der Waals surface area contributed by atoms with Crippen LogP contribution in [0.5, 0.6) is 0 Å². The Labute approximate surface area is 126 Å². The number of carbonyl (C=O) groups excluding carboxylic acids is 2. The Morgan fingerprint density at radius 2 is 2.15 bits per heavy atom. The molecule has 1 amide bonds. The van der Waals surface area contributed by atoms with Crippen molar-refractivity contribution in [3.05, 3.63) is 28.5 Å². The maximum atomic E-state index is 14.0. The minimum Gasteiger partial charge on any atom is -0.308 e. The van der Waals surface area contributed by atoms with Crippen molar-refractivity contribution in [3.63, 3.8) is 0 Å². The first kappa shape index (κ1) is 15.2. The summed E-state index contributed by atoms with van der Waals surface area (Å²) in [7, 11) is 0. The van der Waals surface area contributed by atoms with Gasteiger partial charge in [0.05, 0.1) is 11.6 Å². The van der Waals surface area contributed by atoms with E-state index in [9.17, 15) is 14.0 Å². The Morgan fingerprint density at radius 1 is 1.45 bits per heavy atom. The number of piperidine rings is 1. The third-order valence-corrected chi connectivity index (χ3v) is 4.20. The highest BCUT2D eigenvalue weighted by Crippen LogP contribution is 2.33.